The Bertz CT molecular complexity index is 417. The van der Waals surface area contributed by atoms with Crippen LogP contribution in [-0.4, -0.2) is 24.4 Å². The molecule has 1 N–H and O–H groups in total. The van der Waals surface area contributed by atoms with Gasteiger partial charge in [-0.3, -0.25) is 9.59 Å². The van der Waals surface area contributed by atoms with E-state index in [0.29, 0.717) is 19.4 Å². The number of para-hydroxylation sites is 1. The van der Waals surface area contributed by atoms with Gasteiger partial charge in [0.2, 0.25) is 11.8 Å². The quantitative estimate of drug-likeness (QED) is 0.836. The molecule has 1 heterocycles. The lowest BCUT2D eigenvalue weighted by atomic mass is 10.2. The fraction of sp³-hybridized carbons (Fsp3) is 0.385. The number of nitrogens with one attached hydrogen (secondary N) is 1. The van der Waals surface area contributed by atoms with E-state index in [0.717, 1.165) is 5.69 Å². The van der Waals surface area contributed by atoms with Gasteiger partial charge < -0.3 is 10.2 Å². The van der Waals surface area contributed by atoms with Gasteiger partial charge >= 0.3 is 0 Å². The minimum Gasteiger partial charge on any atom is -0.344 e. The van der Waals surface area contributed by atoms with Crippen molar-refractivity contribution in [2.45, 2.75) is 25.8 Å². The van der Waals surface area contributed by atoms with Crippen molar-refractivity contribution in [3.05, 3.63) is 30.3 Å². The summed E-state index contributed by atoms with van der Waals surface area (Å²) in [6.07, 6.45) is 0.977. The first-order chi connectivity index (χ1) is 8.22. The van der Waals surface area contributed by atoms with Gasteiger partial charge in [0, 0.05) is 18.7 Å². The summed E-state index contributed by atoms with van der Waals surface area (Å²) in [7, 11) is 0. The molecule has 0 aliphatic carbocycles. The minimum absolute atomic E-state index is 0.0236. The Balaban J connectivity index is 2.27. The lowest BCUT2D eigenvalue weighted by Gasteiger charge is -2.23. The highest BCUT2D eigenvalue weighted by Crippen LogP contribution is 2.17. The summed E-state index contributed by atoms with van der Waals surface area (Å²) in [6, 6.07) is 9.08. The van der Waals surface area contributed by atoms with Gasteiger partial charge in [0.15, 0.2) is 0 Å². The molecule has 2 amide bonds. The fourth-order valence-corrected chi connectivity index (χ4v) is 1.98. The summed E-state index contributed by atoms with van der Waals surface area (Å²) in [5, 5.41) is 2.75. The van der Waals surface area contributed by atoms with Crippen LogP contribution >= 0.6 is 0 Å². The third-order valence-electron chi connectivity index (χ3n) is 2.94. The van der Waals surface area contributed by atoms with E-state index < -0.39 is 6.04 Å². The lowest BCUT2D eigenvalue weighted by molar-refractivity contribution is -0.125. The first-order valence-corrected chi connectivity index (χ1v) is 5.88. The molecule has 17 heavy (non-hydrogen) atoms. The number of hydrogen-bond donors (Lipinski definition) is 1. The predicted octanol–water partition coefficient (Wildman–Crippen LogP) is 1.32. The van der Waals surface area contributed by atoms with Gasteiger partial charge in [0.25, 0.3) is 0 Å². The van der Waals surface area contributed by atoms with Crippen molar-refractivity contribution in [1.29, 1.82) is 0 Å². The average molecular weight is 232 g/mol. The summed E-state index contributed by atoms with van der Waals surface area (Å²) in [5.74, 6) is -0.0758. The van der Waals surface area contributed by atoms with E-state index in [9.17, 15) is 9.59 Å². The van der Waals surface area contributed by atoms with Crippen molar-refractivity contribution in [1.82, 2.24) is 5.32 Å². The van der Waals surface area contributed by atoms with Crippen LogP contribution in [0.3, 0.4) is 0 Å². The number of rotatable bonds is 2. The molecule has 0 spiro atoms. The first kappa shape index (κ1) is 11.6. The van der Waals surface area contributed by atoms with Gasteiger partial charge in [0.1, 0.15) is 6.04 Å². The van der Waals surface area contributed by atoms with Crippen molar-refractivity contribution in [2.75, 3.05) is 11.4 Å². The Labute approximate surface area is 101 Å². The maximum absolute atomic E-state index is 12.2. The number of anilines is 1. The maximum atomic E-state index is 12.2. The highest BCUT2D eigenvalue weighted by atomic mass is 16.2. The van der Waals surface area contributed by atoms with Crippen LogP contribution in [0.4, 0.5) is 5.69 Å². The molecular weight excluding hydrogens is 216 g/mol. The third kappa shape index (κ3) is 2.46. The van der Waals surface area contributed by atoms with Gasteiger partial charge in [-0.1, -0.05) is 25.1 Å². The molecule has 1 saturated heterocycles. The molecule has 90 valence electrons. The van der Waals surface area contributed by atoms with E-state index in [1.54, 1.807) is 4.90 Å². The van der Waals surface area contributed by atoms with Crippen LogP contribution in [0, 0.1) is 0 Å². The molecule has 1 aliphatic rings. The number of carbonyl (C=O) groups excluding carboxylic acids is 2. The Morgan fingerprint density at radius 2 is 2.00 bits per heavy atom. The average Bonchev–Trinajstić information content (AvgIpc) is 2.50. The predicted molar refractivity (Wildman–Crippen MR) is 65.6 cm³/mol. The topological polar surface area (TPSA) is 49.4 Å². The number of carbonyl (C=O) groups is 2. The van der Waals surface area contributed by atoms with E-state index in [-0.39, 0.29) is 11.8 Å². The molecule has 0 bridgehead atoms. The van der Waals surface area contributed by atoms with Crippen LogP contribution in [0.5, 0.6) is 0 Å². The van der Waals surface area contributed by atoms with Crippen molar-refractivity contribution < 1.29 is 9.59 Å². The fourth-order valence-electron chi connectivity index (χ4n) is 1.98. The molecule has 0 radical (unpaired) electrons. The zero-order valence-electron chi connectivity index (χ0n) is 9.85. The number of nitrogens with zero attached hydrogens (tertiary/aromatic N) is 1. The standard InChI is InChI=1S/C13H16N2O2/c1-2-11-13(17)15(9-8-12(16)14-11)10-6-4-3-5-7-10/h3-7,11H,2,8-9H2,1H3,(H,14,16). The lowest BCUT2D eigenvalue weighted by Crippen LogP contribution is -2.44. The minimum atomic E-state index is -0.398. The van der Waals surface area contributed by atoms with Crippen molar-refractivity contribution in [3.63, 3.8) is 0 Å². The van der Waals surface area contributed by atoms with Crippen LogP contribution in [0.25, 0.3) is 0 Å². The summed E-state index contributed by atoms with van der Waals surface area (Å²) >= 11 is 0. The van der Waals surface area contributed by atoms with Crippen molar-refractivity contribution in [3.8, 4) is 0 Å². The zero-order chi connectivity index (χ0) is 12.3. The van der Waals surface area contributed by atoms with E-state index in [1.807, 2.05) is 37.3 Å². The largest absolute Gasteiger partial charge is 0.344 e. The molecule has 1 unspecified atom stereocenters. The van der Waals surface area contributed by atoms with Crippen LogP contribution in [0.1, 0.15) is 19.8 Å². The number of hydrogen-bond acceptors (Lipinski definition) is 2. The molecule has 0 aromatic heterocycles. The Kier molecular flexibility index (Phi) is 3.42. The van der Waals surface area contributed by atoms with E-state index in [1.165, 1.54) is 0 Å². The van der Waals surface area contributed by atoms with E-state index in [2.05, 4.69) is 5.32 Å². The number of benzene rings is 1. The monoisotopic (exact) mass is 232 g/mol. The van der Waals surface area contributed by atoms with Crippen LogP contribution in [0.15, 0.2) is 30.3 Å². The molecule has 1 fully saturated rings. The van der Waals surface area contributed by atoms with Gasteiger partial charge in [-0.05, 0) is 18.6 Å². The summed E-state index contributed by atoms with van der Waals surface area (Å²) in [4.78, 5) is 25.4. The zero-order valence-corrected chi connectivity index (χ0v) is 9.85. The molecule has 0 saturated carbocycles. The van der Waals surface area contributed by atoms with Crippen LogP contribution in [-0.2, 0) is 9.59 Å². The van der Waals surface area contributed by atoms with Crippen LogP contribution < -0.4 is 10.2 Å². The molecule has 1 aromatic rings. The van der Waals surface area contributed by atoms with E-state index >= 15 is 0 Å². The third-order valence-corrected chi connectivity index (χ3v) is 2.94. The highest BCUT2D eigenvalue weighted by Gasteiger charge is 2.29. The summed E-state index contributed by atoms with van der Waals surface area (Å²) < 4.78 is 0. The Morgan fingerprint density at radius 1 is 1.29 bits per heavy atom. The second kappa shape index (κ2) is 4.99. The molecule has 1 aromatic carbocycles. The molecule has 1 atom stereocenters. The van der Waals surface area contributed by atoms with Crippen molar-refractivity contribution in [2.24, 2.45) is 0 Å². The van der Waals surface area contributed by atoms with Gasteiger partial charge in [-0.2, -0.15) is 0 Å². The van der Waals surface area contributed by atoms with Gasteiger partial charge in [-0.15, -0.1) is 0 Å². The maximum Gasteiger partial charge on any atom is 0.249 e. The highest BCUT2D eigenvalue weighted by molar-refractivity contribution is 6.01. The smallest absolute Gasteiger partial charge is 0.249 e. The number of amides is 2. The Morgan fingerprint density at radius 3 is 2.65 bits per heavy atom. The summed E-state index contributed by atoms with van der Waals surface area (Å²) in [5.41, 5.74) is 0.854. The SMILES string of the molecule is CCC1NC(=O)CCN(c2ccccc2)C1=O. The first-order valence-electron chi connectivity index (χ1n) is 5.88. The van der Waals surface area contributed by atoms with Crippen molar-refractivity contribution >= 4 is 17.5 Å². The molecule has 1 aliphatic heterocycles. The molecule has 4 heteroatoms. The van der Waals surface area contributed by atoms with Crippen LogP contribution in [0.2, 0.25) is 0 Å². The Hall–Kier alpha value is -1.84. The van der Waals surface area contributed by atoms with Gasteiger partial charge in [0.05, 0.1) is 0 Å². The second-order valence-corrected chi connectivity index (χ2v) is 4.10. The molecule has 4 nitrogen and oxygen atoms in total. The second-order valence-electron chi connectivity index (χ2n) is 4.10. The molecule has 2 rings (SSSR count). The van der Waals surface area contributed by atoms with E-state index in [4.69, 9.17) is 0 Å². The normalized spacial score (nSPS) is 21.0. The molecular formula is C13H16N2O2. The summed E-state index contributed by atoms with van der Waals surface area (Å²) in [6.45, 7) is 2.35. The van der Waals surface area contributed by atoms with Gasteiger partial charge in [-0.25, -0.2) is 0 Å².